The highest BCUT2D eigenvalue weighted by atomic mass is 79.9. The number of carbonyl (C=O) groups excluding carboxylic acids is 1. The summed E-state index contributed by atoms with van der Waals surface area (Å²) in [7, 11) is 0. The molecule has 0 amide bonds. The number of Topliss-reactive ketones (excluding diaryl/α,β-unsaturated/α-hetero) is 1. The zero-order valence-electron chi connectivity index (χ0n) is 9.49. The molecule has 1 aromatic rings. The first-order valence-corrected chi connectivity index (χ1v) is 7.21. The summed E-state index contributed by atoms with van der Waals surface area (Å²) in [5.74, 6) is 0.656. The normalized spacial score (nSPS) is 14.8. The van der Waals surface area contributed by atoms with Gasteiger partial charge in [-0.3, -0.25) is 4.79 Å². The molecule has 1 nitrogen and oxygen atoms in total. The van der Waals surface area contributed by atoms with E-state index in [1.54, 1.807) is 0 Å². The highest BCUT2D eigenvalue weighted by Crippen LogP contribution is 2.32. The minimum Gasteiger partial charge on any atom is -0.298 e. The van der Waals surface area contributed by atoms with Crippen LogP contribution in [0.4, 0.5) is 0 Å². The Morgan fingerprint density at radius 3 is 2.25 bits per heavy atom. The summed E-state index contributed by atoms with van der Waals surface area (Å²) in [5.41, 5.74) is 1.13. The van der Waals surface area contributed by atoms with Crippen LogP contribution >= 0.6 is 31.9 Å². The molecule has 16 heavy (non-hydrogen) atoms. The average molecular weight is 348 g/mol. The highest BCUT2D eigenvalue weighted by Gasteiger charge is 2.24. The standard InChI is InChI=1S/C13H16Br2O/c1-9(2)8-11(16)13(15)12(14)10-6-4-3-5-7-10/h3-7,9,12-13H,8H2,1-2H3. The van der Waals surface area contributed by atoms with Gasteiger partial charge in [0, 0.05) is 6.42 Å². The smallest absolute Gasteiger partial charge is 0.148 e. The molecule has 3 heteroatoms. The van der Waals surface area contributed by atoms with Crippen molar-refractivity contribution in [2.45, 2.75) is 29.9 Å². The van der Waals surface area contributed by atoms with Gasteiger partial charge in [-0.15, -0.1) is 0 Å². The van der Waals surface area contributed by atoms with Crippen LogP contribution in [0, 0.1) is 5.92 Å². The first-order chi connectivity index (χ1) is 7.52. The fourth-order valence-corrected chi connectivity index (χ4v) is 2.58. The van der Waals surface area contributed by atoms with Gasteiger partial charge in [0.25, 0.3) is 0 Å². The number of hydrogen-bond acceptors (Lipinski definition) is 1. The second-order valence-corrected chi connectivity index (χ2v) is 6.25. The molecule has 0 saturated heterocycles. The van der Waals surface area contributed by atoms with Crippen molar-refractivity contribution < 1.29 is 4.79 Å². The van der Waals surface area contributed by atoms with Crippen LogP contribution in [0.15, 0.2) is 30.3 Å². The Bertz CT molecular complexity index is 335. The number of benzene rings is 1. The van der Waals surface area contributed by atoms with E-state index in [-0.39, 0.29) is 15.4 Å². The van der Waals surface area contributed by atoms with E-state index >= 15 is 0 Å². The highest BCUT2D eigenvalue weighted by molar-refractivity contribution is 9.12. The summed E-state index contributed by atoms with van der Waals surface area (Å²) in [4.78, 5) is 11.8. The van der Waals surface area contributed by atoms with E-state index in [1.807, 2.05) is 30.3 Å². The van der Waals surface area contributed by atoms with Crippen molar-refractivity contribution in [2.24, 2.45) is 5.92 Å². The predicted molar refractivity (Wildman–Crippen MR) is 75.3 cm³/mol. The van der Waals surface area contributed by atoms with Crippen LogP contribution in [0.3, 0.4) is 0 Å². The summed E-state index contributed by atoms with van der Waals surface area (Å²) >= 11 is 7.05. The Labute approximate surface area is 114 Å². The second kappa shape index (κ2) is 6.55. The van der Waals surface area contributed by atoms with Crippen molar-refractivity contribution in [1.82, 2.24) is 0 Å². The maximum absolute atomic E-state index is 11.9. The molecule has 0 fully saturated rings. The zero-order valence-corrected chi connectivity index (χ0v) is 12.7. The van der Waals surface area contributed by atoms with Gasteiger partial charge in [-0.2, -0.15) is 0 Å². The van der Waals surface area contributed by atoms with E-state index in [2.05, 4.69) is 45.7 Å². The van der Waals surface area contributed by atoms with Crippen LogP contribution in [0.2, 0.25) is 0 Å². The monoisotopic (exact) mass is 346 g/mol. The first-order valence-electron chi connectivity index (χ1n) is 5.38. The van der Waals surface area contributed by atoms with E-state index in [1.165, 1.54) is 0 Å². The minimum absolute atomic E-state index is 0.0416. The lowest BCUT2D eigenvalue weighted by atomic mass is 10.0. The zero-order chi connectivity index (χ0) is 12.1. The van der Waals surface area contributed by atoms with Crippen LogP contribution in [0.25, 0.3) is 0 Å². The molecule has 1 rings (SSSR count). The van der Waals surface area contributed by atoms with Crippen LogP contribution in [0.1, 0.15) is 30.7 Å². The summed E-state index contributed by atoms with van der Waals surface area (Å²) in [6, 6.07) is 9.99. The summed E-state index contributed by atoms with van der Waals surface area (Å²) < 4.78 is 0. The number of hydrogen-bond donors (Lipinski definition) is 0. The largest absolute Gasteiger partial charge is 0.298 e. The molecule has 0 saturated carbocycles. The van der Waals surface area contributed by atoms with E-state index < -0.39 is 0 Å². The number of ketones is 1. The lowest BCUT2D eigenvalue weighted by molar-refractivity contribution is -0.119. The van der Waals surface area contributed by atoms with Crippen LogP contribution in [-0.2, 0) is 4.79 Å². The van der Waals surface area contributed by atoms with E-state index in [0.717, 1.165) is 5.56 Å². The summed E-state index contributed by atoms with van der Waals surface area (Å²) in [5, 5.41) is 0. The van der Waals surface area contributed by atoms with Gasteiger partial charge in [0.15, 0.2) is 0 Å². The van der Waals surface area contributed by atoms with E-state index in [0.29, 0.717) is 12.3 Å². The molecule has 0 bridgehead atoms. The molecule has 0 spiro atoms. The Hall–Kier alpha value is -0.150. The topological polar surface area (TPSA) is 17.1 Å². The van der Waals surface area contributed by atoms with Gasteiger partial charge in [0.1, 0.15) is 5.78 Å². The fraction of sp³-hybridized carbons (Fsp3) is 0.462. The van der Waals surface area contributed by atoms with Crippen molar-refractivity contribution in [3.8, 4) is 0 Å². The quantitative estimate of drug-likeness (QED) is 0.716. The van der Waals surface area contributed by atoms with Crippen molar-refractivity contribution >= 4 is 37.6 Å². The molecule has 0 aliphatic rings. The molecule has 0 heterocycles. The minimum atomic E-state index is -0.155. The third kappa shape index (κ3) is 4.02. The summed E-state index contributed by atoms with van der Waals surface area (Å²) in [6.07, 6.45) is 0.616. The van der Waals surface area contributed by atoms with Crippen molar-refractivity contribution in [2.75, 3.05) is 0 Å². The molecule has 0 N–H and O–H groups in total. The van der Waals surface area contributed by atoms with Gasteiger partial charge < -0.3 is 0 Å². The maximum atomic E-state index is 11.9. The van der Waals surface area contributed by atoms with Gasteiger partial charge in [-0.25, -0.2) is 0 Å². The van der Waals surface area contributed by atoms with Crippen molar-refractivity contribution in [3.63, 3.8) is 0 Å². The number of rotatable bonds is 5. The van der Waals surface area contributed by atoms with E-state index in [4.69, 9.17) is 0 Å². The molecule has 1 aromatic carbocycles. The van der Waals surface area contributed by atoms with Gasteiger partial charge in [0.05, 0.1) is 9.65 Å². The molecular weight excluding hydrogens is 332 g/mol. The van der Waals surface area contributed by atoms with Gasteiger partial charge >= 0.3 is 0 Å². The summed E-state index contributed by atoms with van der Waals surface area (Å²) in [6.45, 7) is 4.12. The van der Waals surface area contributed by atoms with Crippen LogP contribution < -0.4 is 0 Å². The maximum Gasteiger partial charge on any atom is 0.148 e. The van der Waals surface area contributed by atoms with Crippen LogP contribution in [0.5, 0.6) is 0 Å². The van der Waals surface area contributed by atoms with E-state index in [9.17, 15) is 4.79 Å². The average Bonchev–Trinajstić information content (AvgIpc) is 2.27. The van der Waals surface area contributed by atoms with Crippen molar-refractivity contribution in [1.29, 1.82) is 0 Å². The van der Waals surface area contributed by atoms with Gasteiger partial charge in [-0.05, 0) is 11.5 Å². The third-order valence-electron chi connectivity index (χ3n) is 2.29. The SMILES string of the molecule is CC(C)CC(=O)C(Br)C(Br)c1ccccc1. The predicted octanol–water partition coefficient (Wildman–Crippen LogP) is 4.50. The number of carbonyl (C=O) groups is 1. The molecule has 0 aromatic heterocycles. The molecule has 2 atom stereocenters. The Kier molecular flexibility index (Phi) is 5.70. The molecule has 88 valence electrons. The Morgan fingerprint density at radius 2 is 1.75 bits per heavy atom. The number of halogens is 2. The third-order valence-corrected chi connectivity index (χ3v) is 5.10. The van der Waals surface area contributed by atoms with Crippen molar-refractivity contribution in [3.05, 3.63) is 35.9 Å². The molecule has 0 radical (unpaired) electrons. The first kappa shape index (κ1) is 13.9. The van der Waals surface area contributed by atoms with Gasteiger partial charge in [-0.1, -0.05) is 76.0 Å². The molecule has 0 aliphatic heterocycles. The van der Waals surface area contributed by atoms with Gasteiger partial charge in [0.2, 0.25) is 0 Å². The molecule has 2 unspecified atom stereocenters. The number of alkyl halides is 2. The molecule has 0 aliphatic carbocycles. The second-order valence-electron chi connectivity index (χ2n) is 4.28. The Balaban J connectivity index is 2.67. The molecular formula is C13H16Br2O. The lowest BCUT2D eigenvalue weighted by Gasteiger charge is -2.17. The fourth-order valence-electron chi connectivity index (χ4n) is 1.48. The lowest BCUT2D eigenvalue weighted by Crippen LogP contribution is -2.20. The Morgan fingerprint density at radius 1 is 1.19 bits per heavy atom. The van der Waals surface area contributed by atoms with Crippen LogP contribution in [-0.4, -0.2) is 10.6 Å².